The van der Waals surface area contributed by atoms with Crippen molar-refractivity contribution in [3.63, 3.8) is 0 Å². The molecule has 3 rings (SSSR count). The zero-order chi connectivity index (χ0) is 18.4. The smallest absolute Gasteiger partial charge is 0.276 e. The van der Waals surface area contributed by atoms with Gasteiger partial charge in [0.2, 0.25) is 0 Å². The lowest BCUT2D eigenvalue weighted by Crippen LogP contribution is -2.13. The van der Waals surface area contributed by atoms with E-state index in [-0.39, 0.29) is 5.91 Å². The first-order chi connectivity index (χ1) is 12.7. The maximum Gasteiger partial charge on any atom is 0.276 e. The minimum Gasteiger partial charge on any atom is -0.320 e. The molecule has 1 heterocycles. The fourth-order valence-corrected chi connectivity index (χ4v) is 3.39. The molecule has 1 amide bonds. The number of anilines is 1. The van der Waals surface area contributed by atoms with E-state index < -0.39 is 0 Å². The molecule has 0 fully saturated rings. The summed E-state index contributed by atoms with van der Waals surface area (Å²) in [6, 6.07) is 18.6. The molecule has 1 aromatic heterocycles. The molecule has 0 radical (unpaired) electrons. The molecule has 0 spiro atoms. The maximum absolute atomic E-state index is 12.5. The molecule has 0 bridgehead atoms. The molecular weight excluding hydrogens is 368 g/mol. The largest absolute Gasteiger partial charge is 0.320 e. The fraction of sp³-hybridized carbons (Fsp3) is 0.105. The first-order valence-electron chi connectivity index (χ1n) is 7.90. The molecule has 0 aliphatic rings. The van der Waals surface area contributed by atoms with Gasteiger partial charge in [-0.2, -0.15) is 10.4 Å². The number of nitrogens with one attached hydrogen (secondary N) is 1. The lowest BCUT2D eigenvalue weighted by molar-refractivity contribution is 0.102. The summed E-state index contributed by atoms with van der Waals surface area (Å²) in [4.78, 5) is 13.5. The van der Waals surface area contributed by atoms with Crippen LogP contribution in [0.2, 0.25) is 5.02 Å². The standard InChI is InChI=1S/C19H15ClN4OS/c20-14-6-1-3-8-17(14)24-12-10-16(23-24)19(25)22-15-7-2-4-9-18(15)26-13-5-11-21/h1-4,6-10,12H,5,13H2,(H,22,25). The van der Waals surface area contributed by atoms with E-state index in [0.717, 1.165) is 4.90 Å². The van der Waals surface area contributed by atoms with Crippen LogP contribution in [0.3, 0.4) is 0 Å². The number of carbonyl (C=O) groups is 1. The Morgan fingerprint density at radius 3 is 2.77 bits per heavy atom. The average Bonchev–Trinajstić information content (AvgIpc) is 3.14. The van der Waals surface area contributed by atoms with Crippen LogP contribution in [-0.2, 0) is 0 Å². The van der Waals surface area contributed by atoms with Crippen molar-refractivity contribution in [1.82, 2.24) is 9.78 Å². The minimum absolute atomic E-state index is 0.293. The Bertz CT molecular complexity index is 964. The van der Waals surface area contributed by atoms with Crippen molar-refractivity contribution in [2.24, 2.45) is 0 Å². The second-order valence-corrected chi connectivity index (χ2v) is 6.85. The van der Waals surface area contributed by atoms with Crippen molar-refractivity contribution >= 4 is 35.0 Å². The van der Waals surface area contributed by atoms with Crippen molar-refractivity contribution in [3.8, 4) is 11.8 Å². The number of aromatic nitrogens is 2. The first-order valence-corrected chi connectivity index (χ1v) is 9.26. The molecule has 0 unspecified atom stereocenters. The Hall–Kier alpha value is -2.75. The quantitative estimate of drug-likeness (QED) is 0.491. The van der Waals surface area contributed by atoms with Gasteiger partial charge in [-0.25, -0.2) is 4.68 Å². The number of benzene rings is 2. The minimum atomic E-state index is -0.302. The topological polar surface area (TPSA) is 70.7 Å². The molecule has 0 atom stereocenters. The predicted octanol–water partition coefficient (Wildman–Crippen LogP) is 4.78. The van der Waals surface area contributed by atoms with Crippen molar-refractivity contribution < 1.29 is 4.79 Å². The number of hydrogen-bond donors (Lipinski definition) is 1. The van der Waals surface area contributed by atoms with Gasteiger partial charge in [-0.15, -0.1) is 11.8 Å². The highest BCUT2D eigenvalue weighted by molar-refractivity contribution is 7.99. The number of para-hydroxylation sites is 2. The van der Waals surface area contributed by atoms with E-state index in [4.69, 9.17) is 16.9 Å². The Kier molecular flexibility index (Phi) is 5.95. The number of carbonyl (C=O) groups excluding carboxylic acids is 1. The normalized spacial score (nSPS) is 10.3. The number of nitriles is 1. The van der Waals surface area contributed by atoms with Gasteiger partial charge >= 0.3 is 0 Å². The number of amides is 1. The maximum atomic E-state index is 12.5. The second-order valence-electron chi connectivity index (χ2n) is 5.30. The van der Waals surface area contributed by atoms with Crippen LogP contribution < -0.4 is 5.32 Å². The number of hydrogen-bond acceptors (Lipinski definition) is 4. The third-order valence-corrected chi connectivity index (χ3v) is 4.92. The molecular formula is C19H15ClN4OS. The lowest BCUT2D eigenvalue weighted by Gasteiger charge is -2.09. The molecule has 1 N–H and O–H groups in total. The van der Waals surface area contributed by atoms with Crippen LogP contribution in [0.15, 0.2) is 65.7 Å². The zero-order valence-corrected chi connectivity index (χ0v) is 15.3. The summed E-state index contributed by atoms with van der Waals surface area (Å²) >= 11 is 7.70. The van der Waals surface area contributed by atoms with Gasteiger partial charge in [0, 0.05) is 23.3 Å². The van der Waals surface area contributed by atoms with E-state index in [9.17, 15) is 4.79 Å². The van der Waals surface area contributed by atoms with Gasteiger partial charge in [0.05, 0.1) is 22.5 Å². The van der Waals surface area contributed by atoms with E-state index in [0.29, 0.717) is 34.3 Å². The average molecular weight is 383 g/mol. The van der Waals surface area contributed by atoms with Gasteiger partial charge in [-0.3, -0.25) is 4.79 Å². The highest BCUT2D eigenvalue weighted by atomic mass is 35.5. The van der Waals surface area contributed by atoms with Crippen molar-refractivity contribution in [2.45, 2.75) is 11.3 Å². The summed E-state index contributed by atoms with van der Waals surface area (Å²) in [5.74, 6) is 0.369. The molecule has 0 saturated heterocycles. The van der Waals surface area contributed by atoms with Gasteiger partial charge < -0.3 is 5.32 Å². The molecule has 5 nitrogen and oxygen atoms in total. The third-order valence-electron chi connectivity index (χ3n) is 3.53. The summed E-state index contributed by atoms with van der Waals surface area (Å²) in [5, 5.41) is 16.4. The van der Waals surface area contributed by atoms with E-state index >= 15 is 0 Å². The van der Waals surface area contributed by atoms with Crippen molar-refractivity contribution in [1.29, 1.82) is 5.26 Å². The molecule has 0 saturated carbocycles. The number of halogens is 1. The summed E-state index contributed by atoms with van der Waals surface area (Å²) in [5.41, 5.74) is 1.70. The molecule has 2 aromatic carbocycles. The molecule has 26 heavy (non-hydrogen) atoms. The van der Waals surface area contributed by atoms with E-state index in [2.05, 4.69) is 16.5 Å². The molecule has 7 heteroatoms. The Morgan fingerprint density at radius 2 is 1.96 bits per heavy atom. The SMILES string of the molecule is N#CCCSc1ccccc1NC(=O)c1ccn(-c2ccccc2Cl)n1. The van der Waals surface area contributed by atoms with Crippen LogP contribution in [0.25, 0.3) is 5.69 Å². The van der Waals surface area contributed by atoms with E-state index in [1.54, 1.807) is 23.0 Å². The highest BCUT2D eigenvalue weighted by Gasteiger charge is 2.13. The van der Waals surface area contributed by atoms with Crippen molar-refractivity contribution in [3.05, 3.63) is 71.5 Å². The summed E-state index contributed by atoms with van der Waals surface area (Å²) in [6.45, 7) is 0. The molecule has 130 valence electrons. The predicted molar refractivity (Wildman–Crippen MR) is 104 cm³/mol. The van der Waals surface area contributed by atoms with Crippen LogP contribution in [0, 0.1) is 11.3 Å². The van der Waals surface area contributed by atoms with Crippen LogP contribution in [-0.4, -0.2) is 21.4 Å². The molecule has 3 aromatic rings. The van der Waals surface area contributed by atoms with Gasteiger partial charge in [0.1, 0.15) is 0 Å². The summed E-state index contributed by atoms with van der Waals surface area (Å²) in [7, 11) is 0. The summed E-state index contributed by atoms with van der Waals surface area (Å²) in [6.07, 6.45) is 2.15. The van der Waals surface area contributed by atoms with Crippen LogP contribution in [0.4, 0.5) is 5.69 Å². The first kappa shape index (κ1) is 18.1. The van der Waals surface area contributed by atoms with Gasteiger partial charge in [0.25, 0.3) is 5.91 Å². The van der Waals surface area contributed by atoms with Crippen LogP contribution in [0.1, 0.15) is 16.9 Å². The molecule has 0 aliphatic carbocycles. The van der Waals surface area contributed by atoms with Crippen LogP contribution in [0.5, 0.6) is 0 Å². The fourth-order valence-electron chi connectivity index (χ4n) is 2.31. The van der Waals surface area contributed by atoms with Gasteiger partial charge in [-0.1, -0.05) is 35.9 Å². The summed E-state index contributed by atoms with van der Waals surface area (Å²) < 4.78 is 1.57. The van der Waals surface area contributed by atoms with Crippen molar-refractivity contribution in [2.75, 3.05) is 11.1 Å². The van der Waals surface area contributed by atoms with E-state index in [1.165, 1.54) is 11.8 Å². The number of nitrogens with zero attached hydrogens (tertiary/aromatic N) is 3. The lowest BCUT2D eigenvalue weighted by atomic mass is 10.3. The van der Waals surface area contributed by atoms with E-state index in [1.807, 2.05) is 42.5 Å². The van der Waals surface area contributed by atoms with Crippen LogP contribution >= 0.6 is 23.4 Å². The monoisotopic (exact) mass is 382 g/mol. The highest BCUT2D eigenvalue weighted by Crippen LogP contribution is 2.28. The Morgan fingerprint density at radius 1 is 1.19 bits per heavy atom. The van der Waals surface area contributed by atoms with Gasteiger partial charge in [0.15, 0.2) is 5.69 Å². The second kappa shape index (κ2) is 8.56. The zero-order valence-electron chi connectivity index (χ0n) is 13.7. The van der Waals surface area contributed by atoms with Gasteiger partial charge in [-0.05, 0) is 30.3 Å². The number of rotatable bonds is 6. The Labute approximate surface area is 160 Å². The molecule has 0 aliphatic heterocycles. The third kappa shape index (κ3) is 4.26. The Balaban J connectivity index is 1.76. The number of thioether (sulfide) groups is 1.